The SMILES string of the molecule is C=CCN(CCO)C(=O)NC1C2CCOC2C1(C)C. The highest BCUT2D eigenvalue weighted by molar-refractivity contribution is 5.75. The Hall–Kier alpha value is -1.07. The van der Waals surface area contributed by atoms with E-state index in [1.807, 2.05) is 0 Å². The molecule has 5 nitrogen and oxygen atoms in total. The summed E-state index contributed by atoms with van der Waals surface area (Å²) < 4.78 is 5.71. The maximum absolute atomic E-state index is 12.2. The molecule has 1 saturated heterocycles. The first-order valence-electron chi connectivity index (χ1n) is 6.91. The molecule has 0 radical (unpaired) electrons. The summed E-state index contributed by atoms with van der Waals surface area (Å²) in [6, 6.07) is 0.0240. The minimum atomic E-state index is -0.127. The Morgan fingerprint density at radius 3 is 3.00 bits per heavy atom. The number of carbonyl (C=O) groups excluding carboxylic acids is 1. The van der Waals surface area contributed by atoms with Crippen molar-refractivity contribution in [3.63, 3.8) is 0 Å². The van der Waals surface area contributed by atoms with Gasteiger partial charge in [0.25, 0.3) is 0 Å². The average Bonchev–Trinajstić information content (AvgIpc) is 2.82. The van der Waals surface area contributed by atoms with Gasteiger partial charge in [-0.3, -0.25) is 0 Å². The summed E-state index contributed by atoms with van der Waals surface area (Å²) in [5.41, 5.74) is -0.0180. The van der Waals surface area contributed by atoms with Crippen LogP contribution in [0, 0.1) is 11.3 Å². The van der Waals surface area contributed by atoms with Crippen LogP contribution in [0.25, 0.3) is 0 Å². The summed E-state index contributed by atoms with van der Waals surface area (Å²) in [6.07, 6.45) is 2.95. The molecular formula is C14H24N2O3. The van der Waals surface area contributed by atoms with Gasteiger partial charge in [0.1, 0.15) is 0 Å². The zero-order chi connectivity index (χ0) is 14.0. The standard InChI is InChI=1S/C14H24N2O3/c1-4-6-16(7-8-17)13(18)15-11-10-5-9-19-12(10)14(11,2)3/h4,10-12,17H,1,5-9H2,2-3H3,(H,15,18). The summed E-state index contributed by atoms with van der Waals surface area (Å²) in [5, 5.41) is 12.1. The summed E-state index contributed by atoms with van der Waals surface area (Å²) in [6.45, 7) is 9.43. The fourth-order valence-corrected chi connectivity index (χ4v) is 3.39. The van der Waals surface area contributed by atoms with Crippen molar-refractivity contribution in [2.45, 2.75) is 32.4 Å². The van der Waals surface area contributed by atoms with E-state index in [1.54, 1.807) is 11.0 Å². The number of aliphatic hydroxyl groups excluding tert-OH is 1. The molecule has 0 aromatic heterocycles. The molecule has 2 N–H and O–H groups in total. The number of fused-ring (bicyclic) bond motifs is 1. The number of hydrogen-bond acceptors (Lipinski definition) is 3. The van der Waals surface area contributed by atoms with Crippen LogP contribution in [-0.4, -0.2) is 54.5 Å². The largest absolute Gasteiger partial charge is 0.395 e. The molecule has 1 saturated carbocycles. The lowest BCUT2D eigenvalue weighted by Gasteiger charge is -2.54. The van der Waals surface area contributed by atoms with Gasteiger partial charge in [-0.15, -0.1) is 6.58 Å². The molecule has 2 amide bonds. The van der Waals surface area contributed by atoms with Crippen LogP contribution in [-0.2, 0) is 4.74 Å². The van der Waals surface area contributed by atoms with E-state index in [-0.39, 0.29) is 30.2 Å². The second-order valence-electron chi connectivity index (χ2n) is 5.95. The van der Waals surface area contributed by atoms with Gasteiger partial charge >= 0.3 is 6.03 Å². The van der Waals surface area contributed by atoms with Crippen molar-refractivity contribution in [3.8, 4) is 0 Å². The van der Waals surface area contributed by atoms with Crippen molar-refractivity contribution >= 4 is 6.03 Å². The minimum absolute atomic E-state index is 0.0180. The Morgan fingerprint density at radius 2 is 2.37 bits per heavy atom. The number of nitrogens with zero attached hydrogens (tertiary/aromatic N) is 1. The van der Waals surface area contributed by atoms with Crippen molar-refractivity contribution in [2.24, 2.45) is 11.3 Å². The van der Waals surface area contributed by atoms with Gasteiger partial charge in [0.15, 0.2) is 0 Å². The van der Waals surface area contributed by atoms with Gasteiger partial charge in [0.05, 0.1) is 12.7 Å². The molecular weight excluding hydrogens is 244 g/mol. The topological polar surface area (TPSA) is 61.8 Å². The molecule has 1 heterocycles. The highest BCUT2D eigenvalue weighted by Gasteiger charge is 2.59. The maximum Gasteiger partial charge on any atom is 0.318 e. The number of nitrogens with one attached hydrogen (secondary N) is 1. The van der Waals surface area contributed by atoms with Crippen molar-refractivity contribution in [1.29, 1.82) is 0 Å². The second-order valence-corrected chi connectivity index (χ2v) is 5.95. The van der Waals surface area contributed by atoms with Crippen molar-refractivity contribution < 1.29 is 14.6 Å². The minimum Gasteiger partial charge on any atom is -0.395 e. The molecule has 0 spiro atoms. The van der Waals surface area contributed by atoms with E-state index in [4.69, 9.17) is 9.84 Å². The third-order valence-electron chi connectivity index (χ3n) is 4.39. The lowest BCUT2D eigenvalue weighted by molar-refractivity contribution is -0.109. The van der Waals surface area contributed by atoms with Crippen molar-refractivity contribution in [3.05, 3.63) is 12.7 Å². The van der Waals surface area contributed by atoms with Crippen LogP contribution in [0.5, 0.6) is 0 Å². The highest BCUT2D eigenvalue weighted by atomic mass is 16.5. The summed E-state index contributed by atoms with van der Waals surface area (Å²) in [4.78, 5) is 13.8. The number of carbonyl (C=O) groups is 1. The van der Waals surface area contributed by atoms with Gasteiger partial charge in [-0.05, 0) is 6.42 Å². The van der Waals surface area contributed by atoms with E-state index < -0.39 is 0 Å². The highest BCUT2D eigenvalue weighted by Crippen LogP contribution is 2.52. The molecule has 0 bridgehead atoms. The fourth-order valence-electron chi connectivity index (χ4n) is 3.39. The van der Waals surface area contributed by atoms with Crippen LogP contribution >= 0.6 is 0 Å². The Kier molecular flexibility index (Phi) is 4.16. The summed E-state index contributed by atoms with van der Waals surface area (Å²) in [5.74, 6) is 0.429. The predicted molar refractivity (Wildman–Crippen MR) is 72.8 cm³/mol. The first-order valence-corrected chi connectivity index (χ1v) is 6.91. The van der Waals surface area contributed by atoms with E-state index in [1.165, 1.54) is 0 Å². The van der Waals surface area contributed by atoms with Gasteiger partial charge in [-0.25, -0.2) is 4.79 Å². The van der Waals surface area contributed by atoms with Crippen molar-refractivity contribution in [2.75, 3.05) is 26.3 Å². The van der Waals surface area contributed by atoms with E-state index in [0.29, 0.717) is 19.0 Å². The quantitative estimate of drug-likeness (QED) is 0.731. The first-order chi connectivity index (χ1) is 9.02. The average molecular weight is 268 g/mol. The van der Waals surface area contributed by atoms with Gasteiger partial charge in [0, 0.05) is 37.1 Å². The normalized spacial score (nSPS) is 31.2. The molecule has 3 unspecified atom stereocenters. The molecule has 0 aromatic rings. The molecule has 5 heteroatoms. The second kappa shape index (κ2) is 5.51. The smallest absolute Gasteiger partial charge is 0.318 e. The number of ether oxygens (including phenoxy) is 1. The Balaban J connectivity index is 1.96. The number of aliphatic hydroxyl groups is 1. The molecule has 2 rings (SSSR count). The third kappa shape index (κ3) is 2.49. The molecule has 19 heavy (non-hydrogen) atoms. The zero-order valence-electron chi connectivity index (χ0n) is 11.8. The van der Waals surface area contributed by atoms with E-state index in [2.05, 4.69) is 25.7 Å². The fraction of sp³-hybridized carbons (Fsp3) is 0.786. The number of urea groups is 1. The van der Waals surface area contributed by atoms with Crippen LogP contribution in [0.3, 0.4) is 0 Å². The molecule has 108 valence electrons. The van der Waals surface area contributed by atoms with Crippen LogP contribution < -0.4 is 5.32 Å². The van der Waals surface area contributed by atoms with Gasteiger partial charge in [0.2, 0.25) is 0 Å². The number of amides is 2. The monoisotopic (exact) mass is 268 g/mol. The lowest BCUT2D eigenvalue weighted by atomic mass is 9.57. The molecule has 2 aliphatic rings. The van der Waals surface area contributed by atoms with Crippen LogP contribution in [0.4, 0.5) is 4.79 Å². The third-order valence-corrected chi connectivity index (χ3v) is 4.39. The first kappa shape index (κ1) is 14.3. The molecule has 1 aliphatic heterocycles. The Morgan fingerprint density at radius 1 is 1.63 bits per heavy atom. The summed E-state index contributed by atoms with van der Waals surface area (Å²) >= 11 is 0. The van der Waals surface area contributed by atoms with E-state index >= 15 is 0 Å². The predicted octanol–water partition coefficient (Wildman–Crippen LogP) is 0.990. The van der Waals surface area contributed by atoms with Crippen molar-refractivity contribution in [1.82, 2.24) is 10.2 Å². The maximum atomic E-state index is 12.2. The van der Waals surface area contributed by atoms with Gasteiger partial charge < -0.3 is 20.1 Å². The van der Waals surface area contributed by atoms with Crippen LogP contribution in [0.15, 0.2) is 12.7 Å². The molecule has 3 atom stereocenters. The Bertz CT molecular complexity index is 357. The lowest BCUT2D eigenvalue weighted by Crippen LogP contribution is -2.68. The number of hydrogen-bond donors (Lipinski definition) is 2. The van der Waals surface area contributed by atoms with Gasteiger partial charge in [-0.2, -0.15) is 0 Å². The van der Waals surface area contributed by atoms with Crippen LogP contribution in [0.2, 0.25) is 0 Å². The number of rotatable bonds is 5. The van der Waals surface area contributed by atoms with Crippen LogP contribution in [0.1, 0.15) is 20.3 Å². The van der Waals surface area contributed by atoms with E-state index in [9.17, 15) is 4.79 Å². The Labute approximate surface area is 114 Å². The molecule has 1 aliphatic carbocycles. The molecule has 0 aromatic carbocycles. The molecule has 2 fully saturated rings. The van der Waals surface area contributed by atoms with Gasteiger partial charge in [-0.1, -0.05) is 19.9 Å². The summed E-state index contributed by atoms with van der Waals surface area (Å²) in [7, 11) is 0. The van der Waals surface area contributed by atoms with E-state index in [0.717, 1.165) is 13.0 Å². The zero-order valence-corrected chi connectivity index (χ0v) is 11.8.